The van der Waals surface area contributed by atoms with Gasteiger partial charge in [0.15, 0.2) is 5.65 Å². The van der Waals surface area contributed by atoms with Gasteiger partial charge in [-0.25, -0.2) is 4.98 Å². The first-order chi connectivity index (χ1) is 14.1. The number of hydrogen-bond donors (Lipinski definition) is 3. The Morgan fingerprint density at radius 2 is 1.93 bits per heavy atom. The summed E-state index contributed by atoms with van der Waals surface area (Å²) < 4.78 is 1.66. The van der Waals surface area contributed by atoms with Crippen LogP contribution in [0.3, 0.4) is 0 Å². The molecule has 5 rings (SSSR count). The summed E-state index contributed by atoms with van der Waals surface area (Å²) in [4.78, 5) is 17.2. The molecular formula is C22H26N6O. The highest BCUT2D eigenvalue weighted by atomic mass is 16.1. The van der Waals surface area contributed by atoms with Crippen LogP contribution in [0.1, 0.15) is 54.4 Å². The third-order valence-corrected chi connectivity index (χ3v) is 5.90. The molecule has 3 aromatic rings. The number of nitrogens with two attached hydrogens (primary N) is 1. The Kier molecular flexibility index (Phi) is 4.38. The minimum absolute atomic E-state index is 0.00170. The largest absolute Gasteiger partial charge is 0.383 e. The average molecular weight is 390 g/mol. The van der Waals surface area contributed by atoms with Crippen LogP contribution in [0.5, 0.6) is 0 Å². The van der Waals surface area contributed by atoms with Crippen LogP contribution in [0, 0.1) is 6.92 Å². The molecule has 2 aliphatic carbocycles. The highest BCUT2D eigenvalue weighted by Gasteiger charge is 2.24. The summed E-state index contributed by atoms with van der Waals surface area (Å²) >= 11 is 0. The van der Waals surface area contributed by atoms with Crippen LogP contribution in [0.2, 0.25) is 0 Å². The van der Waals surface area contributed by atoms with Crippen molar-refractivity contribution in [2.24, 2.45) is 0 Å². The van der Waals surface area contributed by atoms with E-state index < -0.39 is 0 Å². The molecule has 0 radical (unpaired) electrons. The van der Waals surface area contributed by atoms with Gasteiger partial charge < -0.3 is 16.4 Å². The Morgan fingerprint density at radius 1 is 1.14 bits per heavy atom. The highest BCUT2D eigenvalue weighted by molar-refractivity contribution is 5.97. The maximum absolute atomic E-state index is 12.4. The number of fused-ring (bicyclic) bond motifs is 1. The van der Waals surface area contributed by atoms with E-state index in [9.17, 15) is 4.79 Å². The molecule has 2 aromatic heterocycles. The average Bonchev–Trinajstić information content (AvgIpc) is 3.17. The monoisotopic (exact) mass is 390 g/mol. The molecule has 0 saturated heterocycles. The number of carbonyl (C=O) groups excluding carboxylic acids is 1. The van der Waals surface area contributed by atoms with Crippen LogP contribution >= 0.6 is 0 Å². The summed E-state index contributed by atoms with van der Waals surface area (Å²) in [5, 5.41) is 11.0. The van der Waals surface area contributed by atoms with Gasteiger partial charge >= 0.3 is 0 Å². The van der Waals surface area contributed by atoms with Gasteiger partial charge in [0.2, 0.25) is 0 Å². The second-order valence-electron chi connectivity index (χ2n) is 8.26. The molecule has 2 aliphatic rings. The third-order valence-electron chi connectivity index (χ3n) is 5.90. The first kappa shape index (κ1) is 18.0. The Labute approximate surface area is 169 Å². The lowest BCUT2D eigenvalue weighted by Gasteiger charge is -2.14. The van der Waals surface area contributed by atoms with E-state index in [0.717, 1.165) is 41.0 Å². The fourth-order valence-corrected chi connectivity index (χ4v) is 4.12. The zero-order valence-corrected chi connectivity index (χ0v) is 16.6. The Morgan fingerprint density at radius 3 is 2.66 bits per heavy atom. The van der Waals surface area contributed by atoms with E-state index in [1.165, 1.54) is 25.7 Å². The minimum Gasteiger partial charge on any atom is -0.383 e. The molecule has 4 N–H and O–H groups in total. The summed E-state index contributed by atoms with van der Waals surface area (Å²) in [5.74, 6) is 1.35. The van der Waals surface area contributed by atoms with Gasteiger partial charge in [0.1, 0.15) is 11.6 Å². The SMILES string of the molecule is Cc1cc(-c2cnn3c(N)cc(NC4CCCC4)nc23)ccc1C(=O)NC1CC1. The van der Waals surface area contributed by atoms with Crippen molar-refractivity contribution in [3.63, 3.8) is 0 Å². The number of anilines is 2. The molecule has 0 spiro atoms. The molecule has 0 bridgehead atoms. The lowest BCUT2D eigenvalue weighted by atomic mass is 10.0. The molecule has 7 heteroatoms. The number of hydrogen-bond acceptors (Lipinski definition) is 5. The van der Waals surface area contributed by atoms with Gasteiger partial charge in [0.25, 0.3) is 5.91 Å². The van der Waals surface area contributed by atoms with E-state index >= 15 is 0 Å². The second kappa shape index (κ2) is 7.06. The second-order valence-corrected chi connectivity index (χ2v) is 8.26. The van der Waals surface area contributed by atoms with Crippen molar-refractivity contribution in [1.82, 2.24) is 19.9 Å². The van der Waals surface area contributed by atoms with E-state index in [1.54, 1.807) is 10.7 Å². The maximum atomic E-state index is 12.4. The van der Waals surface area contributed by atoms with Crippen molar-refractivity contribution in [3.05, 3.63) is 41.6 Å². The molecule has 0 atom stereocenters. The molecule has 0 aliphatic heterocycles. The summed E-state index contributed by atoms with van der Waals surface area (Å²) in [6.45, 7) is 1.96. The zero-order chi connectivity index (χ0) is 20.0. The number of nitrogens with zero attached hydrogens (tertiary/aromatic N) is 3. The summed E-state index contributed by atoms with van der Waals surface area (Å²) in [7, 11) is 0. The number of aromatic nitrogens is 3. The van der Waals surface area contributed by atoms with Gasteiger partial charge in [-0.15, -0.1) is 0 Å². The van der Waals surface area contributed by atoms with E-state index in [4.69, 9.17) is 10.7 Å². The van der Waals surface area contributed by atoms with Gasteiger partial charge in [-0.05, 0) is 49.8 Å². The predicted octanol–water partition coefficient (Wildman–Crippen LogP) is 3.53. The van der Waals surface area contributed by atoms with E-state index in [0.29, 0.717) is 23.5 Å². The quantitative estimate of drug-likeness (QED) is 0.619. The highest BCUT2D eigenvalue weighted by Crippen LogP contribution is 2.29. The van der Waals surface area contributed by atoms with Crippen molar-refractivity contribution in [1.29, 1.82) is 0 Å². The molecule has 7 nitrogen and oxygen atoms in total. The van der Waals surface area contributed by atoms with Crippen LogP contribution < -0.4 is 16.4 Å². The minimum atomic E-state index is 0.00170. The molecule has 0 unspecified atom stereocenters. The molecule has 2 heterocycles. The first-order valence-corrected chi connectivity index (χ1v) is 10.4. The zero-order valence-electron chi connectivity index (χ0n) is 16.6. The van der Waals surface area contributed by atoms with Gasteiger partial charge in [-0.1, -0.05) is 25.0 Å². The van der Waals surface area contributed by atoms with E-state index in [1.807, 2.05) is 31.2 Å². The third kappa shape index (κ3) is 3.52. The lowest BCUT2D eigenvalue weighted by Crippen LogP contribution is -2.26. The topological polar surface area (TPSA) is 97.3 Å². The number of benzene rings is 1. The fraction of sp³-hybridized carbons (Fsp3) is 0.409. The Hall–Kier alpha value is -3.09. The Bertz CT molecular complexity index is 1080. The number of nitrogen functional groups attached to an aromatic ring is 1. The van der Waals surface area contributed by atoms with Crippen LogP contribution in [-0.4, -0.2) is 32.6 Å². The number of aryl methyl sites for hydroxylation is 1. The first-order valence-electron chi connectivity index (χ1n) is 10.4. The van der Waals surface area contributed by atoms with Crippen molar-refractivity contribution >= 4 is 23.2 Å². The molecule has 1 amide bonds. The van der Waals surface area contributed by atoms with Crippen molar-refractivity contribution in [3.8, 4) is 11.1 Å². The molecule has 29 heavy (non-hydrogen) atoms. The van der Waals surface area contributed by atoms with Crippen LogP contribution in [0.4, 0.5) is 11.6 Å². The summed E-state index contributed by atoms with van der Waals surface area (Å²) in [6, 6.07) is 8.52. The molecule has 2 saturated carbocycles. The standard InChI is InChI=1S/C22H26N6O/c1-13-10-14(6-9-17(13)22(29)26-16-7-8-16)18-12-24-28-19(23)11-20(27-21(18)28)25-15-4-2-3-5-15/h6,9-12,15-16H,2-5,7-8,23H2,1H3,(H,25,27)(H,26,29). The van der Waals surface area contributed by atoms with E-state index in [2.05, 4.69) is 15.7 Å². The number of amides is 1. The van der Waals surface area contributed by atoms with Crippen molar-refractivity contribution in [2.75, 3.05) is 11.1 Å². The predicted molar refractivity (Wildman–Crippen MR) is 114 cm³/mol. The van der Waals surface area contributed by atoms with Crippen LogP contribution in [0.25, 0.3) is 16.8 Å². The summed E-state index contributed by atoms with van der Waals surface area (Å²) in [5.41, 5.74) is 10.5. The van der Waals surface area contributed by atoms with E-state index in [-0.39, 0.29) is 5.91 Å². The molecular weight excluding hydrogens is 364 g/mol. The van der Waals surface area contributed by atoms with Crippen molar-refractivity contribution < 1.29 is 4.79 Å². The lowest BCUT2D eigenvalue weighted by molar-refractivity contribution is 0.0950. The molecule has 2 fully saturated rings. The van der Waals surface area contributed by atoms with Gasteiger partial charge in [-0.3, -0.25) is 4.79 Å². The molecule has 150 valence electrons. The summed E-state index contributed by atoms with van der Waals surface area (Å²) in [6.07, 6.45) is 8.80. The number of nitrogens with one attached hydrogen (secondary N) is 2. The maximum Gasteiger partial charge on any atom is 0.251 e. The normalized spacial score (nSPS) is 17.0. The fourth-order valence-electron chi connectivity index (χ4n) is 4.12. The van der Waals surface area contributed by atoms with Gasteiger partial charge in [0.05, 0.1) is 6.20 Å². The van der Waals surface area contributed by atoms with Gasteiger partial charge in [0, 0.05) is 29.3 Å². The molecule has 1 aromatic carbocycles. The van der Waals surface area contributed by atoms with Crippen molar-refractivity contribution in [2.45, 2.75) is 57.5 Å². The number of carbonyl (C=O) groups is 1. The van der Waals surface area contributed by atoms with Crippen LogP contribution in [0.15, 0.2) is 30.5 Å². The van der Waals surface area contributed by atoms with Crippen LogP contribution in [-0.2, 0) is 0 Å². The Balaban J connectivity index is 1.48. The van der Waals surface area contributed by atoms with Gasteiger partial charge in [-0.2, -0.15) is 9.61 Å². The smallest absolute Gasteiger partial charge is 0.251 e. The number of rotatable bonds is 5.